The summed E-state index contributed by atoms with van der Waals surface area (Å²) in [6.45, 7) is 3.09. The SMILES string of the molecule is Cc1ccnc2c1[nH]c(=S)n2CCC1CCC1. The van der Waals surface area contributed by atoms with Gasteiger partial charge in [-0.2, -0.15) is 0 Å². The lowest BCUT2D eigenvalue weighted by atomic mass is 9.83. The fraction of sp³-hybridized carbons (Fsp3) is 0.538. The predicted molar refractivity (Wildman–Crippen MR) is 71.6 cm³/mol. The summed E-state index contributed by atoms with van der Waals surface area (Å²) in [5, 5.41) is 0. The minimum Gasteiger partial charge on any atom is -0.329 e. The van der Waals surface area contributed by atoms with E-state index in [4.69, 9.17) is 12.2 Å². The molecule has 4 heteroatoms. The molecule has 0 radical (unpaired) electrons. The van der Waals surface area contributed by atoms with Crippen molar-refractivity contribution in [2.45, 2.75) is 39.2 Å². The van der Waals surface area contributed by atoms with Gasteiger partial charge in [0.15, 0.2) is 10.4 Å². The molecule has 90 valence electrons. The van der Waals surface area contributed by atoms with Crippen LogP contribution in [-0.2, 0) is 6.54 Å². The number of fused-ring (bicyclic) bond motifs is 1. The number of imidazole rings is 1. The van der Waals surface area contributed by atoms with Crippen molar-refractivity contribution < 1.29 is 0 Å². The second kappa shape index (κ2) is 4.26. The van der Waals surface area contributed by atoms with Gasteiger partial charge in [0.1, 0.15) is 0 Å². The largest absolute Gasteiger partial charge is 0.329 e. The number of H-pyrrole nitrogens is 1. The van der Waals surface area contributed by atoms with Gasteiger partial charge in [0.05, 0.1) is 5.52 Å². The number of nitrogens with one attached hydrogen (secondary N) is 1. The molecular formula is C13H17N3S. The maximum absolute atomic E-state index is 5.39. The van der Waals surface area contributed by atoms with Gasteiger partial charge in [-0.05, 0) is 43.1 Å². The van der Waals surface area contributed by atoms with E-state index in [0.29, 0.717) is 0 Å². The lowest BCUT2D eigenvalue weighted by molar-refractivity contribution is 0.283. The first-order valence-corrected chi connectivity index (χ1v) is 6.70. The molecule has 0 saturated heterocycles. The monoisotopic (exact) mass is 247 g/mol. The van der Waals surface area contributed by atoms with Crippen LogP contribution in [0.4, 0.5) is 0 Å². The van der Waals surface area contributed by atoms with E-state index < -0.39 is 0 Å². The van der Waals surface area contributed by atoms with Gasteiger partial charge in [0.25, 0.3) is 0 Å². The Bertz CT molecular complexity index is 592. The first kappa shape index (κ1) is 11.0. The molecule has 3 nitrogen and oxygen atoms in total. The first-order valence-electron chi connectivity index (χ1n) is 6.30. The smallest absolute Gasteiger partial charge is 0.179 e. The minimum atomic E-state index is 0.807. The molecular weight excluding hydrogens is 230 g/mol. The Balaban J connectivity index is 1.94. The summed E-state index contributed by atoms with van der Waals surface area (Å²) >= 11 is 5.39. The number of pyridine rings is 1. The summed E-state index contributed by atoms with van der Waals surface area (Å²) in [6.07, 6.45) is 7.28. The number of nitrogens with zero attached hydrogens (tertiary/aromatic N) is 2. The first-order chi connectivity index (χ1) is 8.25. The molecule has 17 heavy (non-hydrogen) atoms. The lowest BCUT2D eigenvalue weighted by Gasteiger charge is -2.25. The molecule has 1 aliphatic carbocycles. The Labute approximate surface area is 106 Å². The standard InChI is InChI=1S/C13H17N3S/c1-9-5-7-14-12-11(9)15-13(17)16(12)8-6-10-3-2-4-10/h5,7,10H,2-4,6,8H2,1H3,(H,15,17). The molecule has 0 unspecified atom stereocenters. The Morgan fingerprint density at radius 2 is 2.35 bits per heavy atom. The molecule has 1 fully saturated rings. The maximum atomic E-state index is 5.39. The van der Waals surface area contributed by atoms with E-state index in [-0.39, 0.29) is 0 Å². The van der Waals surface area contributed by atoms with Gasteiger partial charge in [-0.3, -0.25) is 0 Å². The molecule has 2 heterocycles. The normalized spacial score (nSPS) is 16.3. The number of hydrogen-bond donors (Lipinski definition) is 1. The average Bonchev–Trinajstić information content (AvgIpc) is 2.55. The van der Waals surface area contributed by atoms with Crippen molar-refractivity contribution in [3.8, 4) is 0 Å². The van der Waals surface area contributed by atoms with Crippen LogP contribution in [0.15, 0.2) is 12.3 Å². The molecule has 1 N–H and O–H groups in total. The minimum absolute atomic E-state index is 0.807. The summed E-state index contributed by atoms with van der Waals surface area (Å²) in [6, 6.07) is 2.02. The van der Waals surface area contributed by atoms with Gasteiger partial charge in [-0.15, -0.1) is 0 Å². The Hall–Kier alpha value is -1.16. The van der Waals surface area contributed by atoms with Crippen molar-refractivity contribution in [1.29, 1.82) is 0 Å². The van der Waals surface area contributed by atoms with Crippen molar-refractivity contribution in [3.63, 3.8) is 0 Å². The van der Waals surface area contributed by atoms with Crippen LogP contribution in [-0.4, -0.2) is 14.5 Å². The van der Waals surface area contributed by atoms with Crippen LogP contribution in [0.3, 0.4) is 0 Å². The topological polar surface area (TPSA) is 33.6 Å². The highest BCUT2D eigenvalue weighted by molar-refractivity contribution is 7.71. The molecule has 3 rings (SSSR count). The zero-order valence-corrected chi connectivity index (χ0v) is 10.9. The van der Waals surface area contributed by atoms with E-state index in [1.165, 1.54) is 31.2 Å². The summed E-state index contributed by atoms with van der Waals surface area (Å²) in [5.74, 6) is 0.909. The van der Waals surface area contributed by atoms with Crippen molar-refractivity contribution in [3.05, 3.63) is 22.6 Å². The molecule has 1 aliphatic rings. The van der Waals surface area contributed by atoms with Crippen LogP contribution in [0.2, 0.25) is 0 Å². The van der Waals surface area contributed by atoms with Crippen LogP contribution < -0.4 is 0 Å². The summed E-state index contributed by atoms with van der Waals surface area (Å²) in [4.78, 5) is 7.72. The van der Waals surface area contributed by atoms with Crippen molar-refractivity contribution in [1.82, 2.24) is 14.5 Å². The summed E-state index contributed by atoms with van der Waals surface area (Å²) < 4.78 is 2.96. The fourth-order valence-corrected chi connectivity index (χ4v) is 2.75. The number of aromatic amines is 1. The van der Waals surface area contributed by atoms with Gasteiger partial charge in [-0.1, -0.05) is 19.3 Å². The van der Waals surface area contributed by atoms with Gasteiger partial charge in [0.2, 0.25) is 0 Å². The zero-order valence-electron chi connectivity index (χ0n) is 10.1. The second-order valence-electron chi connectivity index (χ2n) is 4.99. The Morgan fingerprint density at radius 1 is 1.53 bits per heavy atom. The van der Waals surface area contributed by atoms with E-state index >= 15 is 0 Å². The summed E-state index contributed by atoms with van der Waals surface area (Å²) in [7, 11) is 0. The predicted octanol–water partition coefficient (Wildman–Crippen LogP) is 3.59. The fourth-order valence-electron chi connectivity index (χ4n) is 2.47. The maximum Gasteiger partial charge on any atom is 0.179 e. The molecule has 0 aliphatic heterocycles. The van der Waals surface area contributed by atoms with E-state index in [1.54, 1.807) is 0 Å². The second-order valence-corrected chi connectivity index (χ2v) is 5.38. The highest BCUT2D eigenvalue weighted by Crippen LogP contribution is 2.30. The molecule has 0 spiro atoms. The molecule has 1 saturated carbocycles. The van der Waals surface area contributed by atoms with Crippen LogP contribution in [0, 0.1) is 17.6 Å². The van der Waals surface area contributed by atoms with Crippen molar-refractivity contribution >= 4 is 23.4 Å². The third kappa shape index (κ3) is 1.90. The van der Waals surface area contributed by atoms with Gasteiger partial charge >= 0.3 is 0 Å². The van der Waals surface area contributed by atoms with E-state index in [1.807, 2.05) is 12.3 Å². The van der Waals surface area contributed by atoms with Gasteiger partial charge in [0, 0.05) is 12.7 Å². The van der Waals surface area contributed by atoms with Crippen LogP contribution in [0.5, 0.6) is 0 Å². The Morgan fingerprint density at radius 3 is 3.06 bits per heavy atom. The van der Waals surface area contributed by atoms with E-state index in [2.05, 4.69) is 21.5 Å². The van der Waals surface area contributed by atoms with Crippen molar-refractivity contribution in [2.24, 2.45) is 5.92 Å². The highest BCUT2D eigenvalue weighted by atomic mass is 32.1. The van der Waals surface area contributed by atoms with Gasteiger partial charge < -0.3 is 9.55 Å². The van der Waals surface area contributed by atoms with Crippen LogP contribution in [0.1, 0.15) is 31.2 Å². The summed E-state index contributed by atoms with van der Waals surface area (Å²) in [5.41, 5.74) is 3.31. The third-order valence-corrected chi connectivity index (χ3v) is 4.18. The quantitative estimate of drug-likeness (QED) is 0.841. The number of hydrogen-bond acceptors (Lipinski definition) is 2. The molecule has 2 aromatic rings. The lowest BCUT2D eigenvalue weighted by Crippen LogP contribution is -2.14. The van der Waals surface area contributed by atoms with Gasteiger partial charge in [-0.25, -0.2) is 4.98 Å². The molecule has 0 atom stereocenters. The zero-order chi connectivity index (χ0) is 11.8. The Kier molecular flexibility index (Phi) is 2.74. The molecule has 0 bridgehead atoms. The molecule has 0 aromatic carbocycles. The number of rotatable bonds is 3. The van der Waals surface area contributed by atoms with Crippen LogP contribution >= 0.6 is 12.2 Å². The van der Waals surface area contributed by atoms with E-state index in [9.17, 15) is 0 Å². The van der Waals surface area contributed by atoms with E-state index in [0.717, 1.165) is 28.4 Å². The number of aryl methyl sites for hydroxylation is 2. The number of aromatic nitrogens is 3. The highest BCUT2D eigenvalue weighted by Gasteiger charge is 2.17. The third-order valence-electron chi connectivity index (χ3n) is 3.86. The molecule has 0 amide bonds. The van der Waals surface area contributed by atoms with Crippen molar-refractivity contribution in [2.75, 3.05) is 0 Å². The molecule has 2 aromatic heterocycles. The van der Waals surface area contributed by atoms with Crippen LogP contribution in [0.25, 0.3) is 11.2 Å². The average molecular weight is 247 g/mol.